The van der Waals surface area contributed by atoms with E-state index in [0.29, 0.717) is 10.8 Å². The fraction of sp³-hybridized carbons (Fsp3) is 0.167. The van der Waals surface area contributed by atoms with Crippen molar-refractivity contribution < 1.29 is 14.6 Å². The van der Waals surface area contributed by atoms with Gasteiger partial charge in [0.15, 0.2) is 0 Å². The minimum absolute atomic E-state index is 0.0493. The molecule has 1 aromatic heterocycles. The lowest BCUT2D eigenvalue weighted by Crippen LogP contribution is -2.16. The highest BCUT2D eigenvalue weighted by atomic mass is 16.5. The molecule has 2 rings (SSSR count). The first-order valence-electron chi connectivity index (χ1n) is 4.95. The summed E-state index contributed by atoms with van der Waals surface area (Å²) in [5.74, 6) is -0.891. The molecule has 1 N–H and O–H groups in total. The van der Waals surface area contributed by atoms with Crippen LogP contribution in [0.15, 0.2) is 29.2 Å². The van der Waals surface area contributed by atoms with Gasteiger partial charge in [-0.1, -0.05) is 0 Å². The van der Waals surface area contributed by atoms with E-state index >= 15 is 0 Å². The van der Waals surface area contributed by atoms with Crippen molar-refractivity contribution >= 4 is 16.7 Å². The third kappa shape index (κ3) is 1.75. The zero-order valence-electron chi connectivity index (χ0n) is 9.43. The number of methoxy groups -OCH3 is 1. The molecule has 1 aromatic carbocycles. The first kappa shape index (κ1) is 11.2. The van der Waals surface area contributed by atoms with Crippen LogP contribution in [-0.4, -0.2) is 22.8 Å². The smallest absolute Gasteiger partial charge is 0.339 e. The summed E-state index contributed by atoms with van der Waals surface area (Å²) < 4.78 is 6.41. The van der Waals surface area contributed by atoms with Gasteiger partial charge in [-0.05, 0) is 23.6 Å². The number of fused-ring (bicyclic) bond motifs is 1. The summed E-state index contributed by atoms with van der Waals surface area (Å²) in [6, 6.07) is 4.60. The number of pyridine rings is 1. The number of hydrogen-bond acceptors (Lipinski definition) is 3. The molecule has 0 saturated carbocycles. The maximum absolute atomic E-state index is 11.8. The number of aryl methyl sites for hydroxylation is 1. The van der Waals surface area contributed by atoms with Crippen LogP contribution < -0.4 is 10.3 Å². The average Bonchev–Trinajstić information content (AvgIpc) is 2.32. The summed E-state index contributed by atoms with van der Waals surface area (Å²) in [5, 5.41) is 10.0. The largest absolute Gasteiger partial charge is 0.496 e. The molecule has 88 valence electrons. The molecule has 2 aromatic rings. The Balaban J connectivity index is 2.88. The number of benzene rings is 1. The van der Waals surface area contributed by atoms with E-state index in [0.717, 1.165) is 0 Å². The summed E-state index contributed by atoms with van der Waals surface area (Å²) in [5.41, 5.74) is -0.133. The van der Waals surface area contributed by atoms with Gasteiger partial charge in [0.25, 0.3) is 5.56 Å². The molecule has 1 heterocycles. The zero-order chi connectivity index (χ0) is 12.6. The number of aromatic carboxylic acids is 1. The second-order valence-corrected chi connectivity index (χ2v) is 3.68. The number of aromatic nitrogens is 1. The Morgan fingerprint density at radius 1 is 1.41 bits per heavy atom. The van der Waals surface area contributed by atoms with Gasteiger partial charge >= 0.3 is 5.97 Å². The molecule has 0 aliphatic heterocycles. The summed E-state index contributed by atoms with van der Waals surface area (Å²) in [4.78, 5) is 22.9. The molecule has 0 amide bonds. The topological polar surface area (TPSA) is 68.5 Å². The lowest BCUT2D eigenvalue weighted by atomic mass is 10.1. The van der Waals surface area contributed by atoms with Gasteiger partial charge in [0.1, 0.15) is 11.3 Å². The third-order valence-electron chi connectivity index (χ3n) is 2.63. The SMILES string of the molecule is COc1cc2c(=O)n(C)ccc2cc1C(=O)O. The molecular weight excluding hydrogens is 222 g/mol. The van der Waals surface area contributed by atoms with E-state index in [1.54, 1.807) is 19.3 Å². The van der Waals surface area contributed by atoms with E-state index in [1.807, 2.05) is 0 Å². The van der Waals surface area contributed by atoms with E-state index in [9.17, 15) is 9.59 Å². The number of carboxylic acids is 1. The van der Waals surface area contributed by atoms with Crippen LogP contribution in [0.2, 0.25) is 0 Å². The second-order valence-electron chi connectivity index (χ2n) is 3.68. The Labute approximate surface area is 96.9 Å². The molecular formula is C12H11NO4. The molecule has 0 aliphatic carbocycles. The molecule has 0 unspecified atom stereocenters. The van der Waals surface area contributed by atoms with Crippen molar-refractivity contribution in [2.45, 2.75) is 0 Å². The lowest BCUT2D eigenvalue weighted by molar-refractivity contribution is 0.0693. The van der Waals surface area contributed by atoms with Crippen LogP contribution >= 0.6 is 0 Å². The van der Waals surface area contributed by atoms with Crippen LogP contribution in [-0.2, 0) is 7.05 Å². The predicted octanol–water partition coefficient (Wildman–Crippen LogP) is 1.25. The highest BCUT2D eigenvalue weighted by Gasteiger charge is 2.13. The number of carboxylic acid groups (broad SMARTS) is 1. The lowest BCUT2D eigenvalue weighted by Gasteiger charge is -2.07. The molecule has 0 aliphatic rings. The Hall–Kier alpha value is -2.30. The van der Waals surface area contributed by atoms with Crippen molar-refractivity contribution in [2.24, 2.45) is 7.05 Å². The quantitative estimate of drug-likeness (QED) is 0.847. The van der Waals surface area contributed by atoms with Crippen molar-refractivity contribution in [3.63, 3.8) is 0 Å². The van der Waals surface area contributed by atoms with Crippen molar-refractivity contribution in [1.82, 2.24) is 4.57 Å². The average molecular weight is 233 g/mol. The molecule has 0 saturated heterocycles. The predicted molar refractivity (Wildman–Crippen MR) is 62.7 cm³/mol. The fourth-order valence-electron chi connectivity index (χ4n) is 1.71. The van der Waals surface area contributed by atoms with Gasteiger partial charge in [-0.15, -0.1) is 0 Å². The Morgan fingerprint density at radius 3 is 2.71 bits per heavy atom. The number of rotatable bonds is 2. The molecule has 0 atom stereocenters. The number of nitrogens with zero attached hydrogens (tertiary/aromatic N) is 1. The van der Waals surface area contributed by atoms with E-state index in [1.165, 1.54) is 23.8 Å². The van der Waals surface area contributed by atoms with Crippen LogP contribution in [0.4, 0.5) is 0 Å². The summed E-state index contributed by atoms with van der Waals surface area (Å²) >= 11 is 0. The van der Waals surface area contributed by atoms with E-state index in [4.69, 9.17) is 9.84 Å². The van der Waals surface area contributed by atoms with Gasteiger partial charge in [-0.2, -0.15) is 0 Å². The minimum Gasteiger partial charge on any atom is -0.496 e. The van der Waals surface area contributed by atoms with Crippen molar-refractivity contribution in [2.75, 3.05) is 7.11 Å². The van der Waals surface area contributed by atoms with Gasteiger partial charge < -0.3 is 14.4 Å². The first-order chi connectivity index (χ1) is 8.04. The molecule has 0 spiro atoms. The molecule has 17 heavy (non-hydrogen) atoms. The normalized spacial score (nSPS) is 10.5. The monoisotopic (exact) mass is 233 g/mol. The third-order valence-corrected chi connectivity index (χ3v) is 2.63. The number of ether oxygens (including phenoxy) is 1. The maximum atomic E-state index is 11.8. The minimum atomic E-state index is -1.08. The molecule has 5 nitrogen and oxygen atoms in total. The van der Waals surface area contributed by atoms with Crippen LogP contribution in [0.1, 0.15) is 10.4 Å². The number of hydrogen-bond donors (Lipinski definition) is 1. The number of carbonyl (C=O) groups is 1. The van der Waals surface area contributed by atoms with Gasteiger partial charge in [-0.25, -0.2) is 4.79 Å². The Kier molecular flexibility index (Phi) is 2.59. The van der Waals surface area contributed by atoms with Crippen LogP contribution in [0.5, 0.6) is 5.75 Å². The highest BCUT2D eigenvalue weighted by molar-refractivity contribution is 5.97. The van der Waals surface area contributed by atoms with Crippen molar-refractivity contribution in [3.8, 4) is 5.75 Å². The Bertz CT molecular complexity index is 657. The van der Waals surface area contributed by atoms with E-state index in [-0.39, 0.29) is 16.9 Å². The van der Waals surface area contributed by atoms with Crippen LogP contribution in [0.25, 0.3) is 10.8 Å². The van der Waals surface area contributed by atoms with Crippen molar-refractivity contribution in [1.29, 1.82) is 0 Å². The van der Waals surface area contributed by atoms with Gasteiger partial charge in [0.05, 0.1) is 12.5 Å². The molecule has 5 heteroatoms. The summed E-state index contributed by atoms with van der Waals surface area (Å²) in [7, 11) is 3.01. The summed E-state index contributed by atoms with van der Waals surface area (Å²) in [6.45, 7) is 0. The van der Waals surface area contributed by atoms with E-state index < -0.39 is 5.97 Å². The second kappa shape index (κ2) is 3.93. The van der Waals surface area contributed by atoms with Gasteiger partial charge in [0, 0.05) is 13.2 Å². The fourth-order valence-corrected chi connectivity index (χ4v) is 1.71. The van der Waals surface area contributed by atoms with Crippen molar-refractivity contribution in [3.05, 3.63) is 40.3 Å². The first-order valence-corrected chi connectivity index (χ1v) is 4.95. The van der Waals surface area contributed by atoms with Gasteiger partial charge in [0.2, 0.25) is 0 Å². The van der Waals surface area contributed by atoms with Gasteiger partial charge in [-0.3, -0.25) is 4.79 Å². The Morgan fingerprint density at radius 2 is 2.12 bits per heavy atom. The zero-order valence-corrected chi connectivity index (χ0v) is 9.43. The molecule has 0 radical (unpaired) electrons. The maximum Gasteiger partial charge on any atom is 0.339 e. The highest BCUT2D eigenvalue weighted by Crippen LogP contribution is 2.23. The molecule has 0 fully saturated rings. The van der Waals surface area contributed by atoms with Crippen LogP contribution in [0, 0.1) is 0 Å². The van der Waals surface area contributed by atoms with E-state index in [2.05, 4.69) is 0 Å². The molecule has 0 bridgehead atoms. The van der Waals surface area contributed by atoms with Crippen LogP contribution in [0.3, 0.4) is 0 Å². The summed E-state index contributed by atoms with van der Waals surface area (Å²) in [6.07, 6.45) is 1.60. The standard InChI is InChI=1S/C12H11NO4/c1-13-4-3-7-5-9(12(15)16)10(17-2)6-8(7)11(13)14/h3-6H,1-2H3,(H,15,16).